The maximum absolute atomic E-state index is 11.4. The Morgan fingerprint density at radius 2 is 2.22 bits per heavy atom. The van der Waals surface area contributed by atoms with Crippen molar-refractivity contribution >= 4 is 5.91 Å². The van der Waals surface area contributed by atoms with Gasteiger partial charge < -0.3 is 15.8 Å². The van der Waals surface area contributed by atoms with Gasteiger partial charge in [0.05, 0.1) is 12.6 Å². The molecule has 106 valence electrons. The molecule has 1 amide bonds. The van der Waals surface area contributed by atoms with E-state index in [1.54, 1.807) is 7.11 Å². The van der Waals surface area contributed by atoms with Crippen molar-refractivity contribution < 1.29 is 9.53 Å². The number of amides is 1. The van der Waals surface area contributed by atoms with Gasteiger partial charge in [0, 0.05) is 25.7 Å². The molecule has 0 spiro atoms. The molecule has 1 aliphatic carbocycles. The Balaban J connectivity index is 2.35. The Labute approximate surface area is 110 Å². The lowest BCUT2D eigenvalue weighted by atomic mass is 10.1. The molecular weight excluding hydrogens is 230 g/mol. The van der Waals surface area contributed by atoms with Crippen LogP contribution >= 0.6 is 0 Å². The first kappa shape index (κ1) is 15.4. The molecule has 18 heavy (non-hydrogen) atoms. The van der Waals surface area contributed by atoms with Crippen LogP contribution < -0.4 is 11.1 Å². The summed E-state index contributed by atoms with van der Waals surface area (Å²) < 4.78 is 5.17. The van der Waals surface area contributed by atoms with Crippen LogP contribution in [0.4, 0.5) is 0 Å². The zero-order valence-corrected chi connectivity index (χ0v) is 11.8. The molecule has 0 heterocycles. The van der Waals surface area contributed by atoms with E-state index in [2.05, 4.69) is 24.1 Å². The van der Waals surface area contributed by atoms with Crippen LogP contribution in [0.3, 0.4) is 0 Å². The van der Waals surface area contributed by atoms with Gasteiger partial charge in [-0.05, 0) is 32.7 Å². The summed E-state index contributed by atoms with van der Waals surface area (Å²) in [6.07, 6.45) is 3.11. The lowest BCUT2D eigenvalue weighted by molar-refractivity contribution is -0.120. The number of carbonyl (C=O) groups excluding carboxylic acids is 1. The number of hydrogen-bond donors (Lipinski definition) is 2. The van der Waals surface area contributed by atoms with E-state index in [4.69, 9.17) is 10.5 Å². The van der Waals surface area contributed by atoms with Crippen LogP contribution in [0.25, 0.3) is 0 Å². The molecule has 1 saturated carbocycles. The fourth-order valence-electron chi connectivity index (χ4n) is 2.17. The molecule has 5 heteroatoms. The highest BCUT2D eigenvalue weighted by Crippen LogP contribution is 2.20. The third-order valence-corrected chi connectivity index (χ3v) is 3.50. The summed E-state index contributed by atoms with van der Waals surface area (Å²) in [5, 5.41) is 3.31. The van der Waals surface area contributed by atoms with E-state index in [1.165, 1.54) is 12.8 Å². The van der Waals surface area contributed by atoms with Gasteiger partial charge in [-0.3, -0.25) is 9.69 Å². The van der Waals surface area contributed by atoms with E-state index in [-0.39, 0.29) is 11.9 Å². The second-order valence-corrected chi connectivity index (χ2v) is 5.12. The summed E-state index contributed by atoms with van der Waals surface area (Å²) in [4.78, 5) is 13.7. The normalized spacial score (nSPS) is 18.9. The van der Waals surface area contributed by atoms with Gasteiger partial charge in [-0.1, -0.05) is 6.92 Å². The van der Waals surface area contributed by atoms with Crippen molar-refractivity contribution in [2.24, 2.45) is 5.73 Å². The lowest BCUT2D eigenvalue weighted by Crippen LogP contribution is -2.46. The van der Waals surface area contributed by atoms with Gasteiger partial charge in [-0.2, -0.15) is 0 Å². The summed E-state index contributed by atoms with van der Waals surface area (Å²) in [5.41, 5.74) is 5.43. The van der Waals surface area contributed by atoms with Crippen molar-refractivity contribution in [3.8, 4) is 0 Å². The Morgan fingerprint density at radius 1 is 1.56 bits per heavy atom. The van der Waals surface area contributed by atoms with Crippen molar-refractivity contribution in [3.05, 3.63) is 0 Å². The molecule has 1 fully saturated rings. The summed E-state index contributed by atoms with van der Waals surface area (Å²) in [6, 6.07) is 0.685. The predicted octanol–water partition coefficient (Wildman–Crippen LogP) is 0.339. The largest absolute Gasteiger partial charge is 0.383 e. The van der Waals surface area contributed by atoms with Crippen molar-refractivity contribution in [1.82, 2.24) is 10.2 Å². The molecule has 0 bridgehead atoms. The Morgan fingerprint density at radius 3 is 2.67 bits per heavy atom. The maximum Gasteiger partial charge on any atom is 0.234 e. The Bertz CT molecular complexity index is 257. The van der Waals surface area contributed by atoms with E-state index < -0.39 is 0 Å². The van der Waals surface area contributed by atoms with E-state index in [0.717, 1.165) is 19.5 Å². The third kappa shape index (κ3) is 5.33. The van der Waals surface area contributed by atoms with E-state index in [9.17, 15) is 4.79 Å². The van der Waals surface area contributed by atoms with Crippen molar-refractivity contribution in [2.75, 3.05) is 26.8 Å². The van der Waals surface area contributed by atoms with Gasteiger partial charge in [-0.25, -0.2) is 0 Å². The average Bonchev–Trinajstić information content (AvgIpc) is 3.12. The van der Waals surface area contributed by atoms with Crippen LogP contribution in [0.15, 0.2) is 0 Å². The first-order chi connectivity index (χ1) is 8.58. The first-order valence-electron chi connectivity index (χ1n) is 6.86. The molecule has 0 radical (unpaired) electrons. The van der Waals surface area contributed by atoms with Gasteiger partial charge in [-0.15, -0.1) is 0 Å². The second-order valence-electron chi connectivity index (χ2n) is 5.12. The number of nitrogens with one attached hydrogen (secondary N) is 1. The number of ether oxygens (including phenoxy) is 1. The smallest absolute Gasteiger partial charge is 0.234 e. The van der Waals surface area contributed by atoms with Gasteiger partial charge in [0.25, 0.3) is 0 Å². The number of hydrogen-bond acceptors (Lipinski definition) is 4. The summed E-state index contributed by atoms with van der Waals surface area (Å²) in [7, 11) is 1.71. The number of methoxy groups -OCH3 is 1. The van der Waals surface area contributed by atoms with Crippen molar-refractivity contribution in [2.45, 2.75) is 51.2 Å². The van der Waals surface area contributed by atoms with Crippen molar-refractivity contribution in [3.63, 3.8) is 0 Å². The molecule has 0 aliphatic heterocycles. The van der Waals surface area contributed by atoms with Crippen LogP contribution in [-0.4, -0.2) is 55.7 Å². The van der Waals surface area contributed by atoms with Crippen molar-refractivity contribution in [1.29, 1.82) is 0 Å². The minimum atomic E-state index is -0.239. The van der Waals surface area contributed by atoms with Crippen LogP contribution in [-0.2, 0) is 9.53 Å². The number of primary amides is 1. The van der Waals surface area contributed by atoms with Gasteiger partial charge in [0.15, 0.2) is 0 Å². The number of rotatable bonds is 10. The molecule has 2 atom stereocenters. The Hall–Kier alpha value is -0.650. The monoisotopic (exact) mass is 257 g/mol. The third-order valence-electron chi connectivity index (χ3n) is 3.50. The molecule has 2 unspecified atom stereocenters. The number of nitrogens with two attached hydrogens (primary N) is 1. The number of nitrogens with zero attached hydrogens (tertiary/aromatic N) is 1. The fraction of sp³-hybridized carbons (Fsp3) is 0.923. The van der Waals surface area contributed by atoms with Crippen LogP contribution in [0.2, 0.25) is 0 Å². The van der Waals surface area contributed by atoms with Crippen LogP contribution in [0.5, 0.6) is 0 Å². The predicted molar refractivity (Wildman–Crippen MR) is 72.3 cm³/mol. The van der Waals surface area contributed by atoms with Gasteiger partial charge >= 0.3 is 0 Å². The molecule has 1 aliphatic rings. The highest BCUT2D eigenvalue weighted by atomic mass is 16.5. The highest BCUT2D eigenvalue weighted by Gasteiger charge is 2.27. The molecule has 5 nitrogen and oxygen atoms in total. The fourth-order valence-corrected chi connectivity index (χ4v) is 2.17. The Kier molecular flexibility index (Phi) is 6.60. The zero-order valence-electron chi connectivity index (χ0n) is 11.8. The maximum atomic E-state index is 11.4. The van der Waals surface area contributed by atoms with Crippen LogP contribution in [0, 0.1) is 0 Å². The topological polar surface area (TPSA) is 67.6 Å². The standard InChI is InChI=1S/C13H27N3O2/c1-4-16(10(2)9-18-3)8-7-12(13(14)17)15-11-5-6-11/h10-12,15H,4-9H2,1-3H3,(H2,14,17). The summed E-state index contributed by atoms with van der Waals surface area (Å²) in [6.45, 7) is 6.80. The molecular formula is C13H27N3O2. The van der Waals surface area contributed by atoms with Gasteiger partial charge in [0.1, 0.15) is 0 Å². The molecule has 0 aromatic rings. The van der Waals surface area contributed by atoms with E-state index in [1.807, 2.05) is 0 Å². The molecule has 0 saturated heterocycles. The van der Waals surface area contributed by atoms with E-state index >= 15 is 0 Å². The van der Waals surface area contributed by atoms with Gasteiger partial charge in [0.2, 0.25) is 5.91 Å². The SMILES string of the molecule is CCN(CCC(NC1CC1)C(N)=O)C(C)COC. The summed E-state index contributed by atoms with van der Waals surface area (Å²) >= 11 is 0. The quantitative estimate of drug-likeness (QED) is 0.592. The van der Waals surface area contributed by atoms with Crippen LogP contribution in [0.1, 0.15) is 33.1 Å². The molecule has 3 N–H and O–H groups in total. The van der Waals surface area contributed by atoms with E-state index in [0.29, 0.717) is 18.7 Å². The lowest BCUT2D eigenvalue weighted by Gasteiger charge is -2.28. The average molecular weight is 257 g/mol. The molecule has 0 aromatic carbocycles. The highest BCUT2D eigenvalue weighted by molar-refractivity contribution is 5.79. The molecule has 0 aromatic heterocycles. The minimum Gasteiger partial charge on any atom is -0.383 e. The minimum absolute atomic E-state index is 0.193. The molecule has 1 rings (SSSR count). The number of likely N-dealkylation sites (N-methyl/N-ethyl adjacent to an activating group) is 1. The number of carbonyl (C=O) groups is 1. The summed E-state index contributed by atoms with van der Waals surface area (Å²) in [5.74, 6) is -0.239. The first-order valence-corrected chi connectivity index (χ1v) is 6.86. The second kappa shape index (κ2) is 7.71. The zero-order chi connectivity index (χ0) is 13.5.